The number of aliphatic hydroxyl groups excluding tert-OH is 1. The highest BCUT2D eigenvalue weighted by Gasteiger charge is 2.19. The molecular formula is C20H25NO5S. The van der Waals surface area contributed by atoms with Crippen molar-refractivity contribution in [3.05, 3.63) is 53.5 Å². The summed E-state index contributed by atoms with van der Waals surface area (Å²) in [6.07, 6.45) is 1.31. The lowest BCUT2D eigenvalue weighted by molar-refractivity contribution is 0.0694. The maximum absolute atomic E-state index is 12.5. The van der Waals surface area contributed by atoms with Gasteiger partial charge in [0.05, 0.1) is 23.7 Å². The van der Waals surface area contributed by atoms with Gasteiger partial charge in [0.2, 0.25) is 0 Å². The van der Waals surface area contributed by atoms with Crippen molar-refractivity contribution in [1.29, 1.82) is 0 Å². The van der Waals surface area contributed by atoms with Crippen molar-refractivity contribution >= 4 is 23.6 Å². The van der Waals surface area contributed by atoms with Crippen molar-refractivity contribution in [3.8, 4) is 0 Å². The average molecular weight is 391 g/mol. The van der Waals surface area contributed by atoms with Crippen molar-refractivity contribution in [3.63, 3.8) is 0 Å². The summed E-state index contributed by atoms with van der Waals surface area (Å²) < 4.78 is 5.24. The molecular weight excluding hydrogens is 366 g/mol. The van der Waals surface area contributed by atoms with Gasteiger partial charge in [-0.1, -0.05) is 32.9 Å². The van der Waals surface area contributed by atoms with Crippen LogP contribution in [-0.2, 0) is 5.75 Å². The molecule has 0 saturated heterocycles. The Bertz CT molecular complexity index is 794. The Morgan fingerprint density at radius 3 is 2.56 bits per heavy atom. The molecule has 3 N–H and O–H groups in total. The summed E-state index contributed by atoms with van der Waals surface area (Å²) in [6.45, 7) is 6.27. The molecule has 6 nitrogen and oxygen atoms in total. The standard InChI is InChI=1S/C20H25NO5S/c1-20(2,3)10-13(22)11-21-18(23)15-6-4-5-7-17(15)27-12-16-14(19(24)25)8-9-26-16/h4-9,13,22H,10-12H2,1-3H3,(H,21,23)(H,24,25). The summed E-state index contributed by atoms with van der Waals surface area (Å²) in [5.74, 6) is -0.670. The third kappa shape index (κ3) is 6.45. The number of thioether (sulfide) groups is 1. The number of hydrogen-bond donors (Lipinski definition) is 3. The first kappa shape index (κ1) is 21.1. The molecule has 0 spiro atoms. The Morgan fingerprint density at radius 2 is 1.89 bits per heavy atom. The van der Waals surface area contributed by atoms with Gasteiger partial charge < -0.3 is 19.9 Å². The van der Waals surface area contributed by atoms with Gasteiger partial charge in [0, 0.05) is 11.4 Å². The van der Waals surface area contributed by atoms with Crippen LogP contribution in [0.4, 0.5) is 0 Å². The highest BCUT2D eigenvalue weighted by molar-refractivity contribution is 7.98. The maximum atomic E-state index is 12.5. The Kier molecular flexibility index (Phi) is 7.10. The fraction of sp³-hybridized carbons (Fsp3) is 0.400. The first-order chi connectivity index (χ1) is 12.7. The molecule has 1 aromatic carbocycles. The number of carboxylic acid groups (broad SMARTS) is 1. The first-order valence-electron chi connectivity index (χ1n) is 8.65. The van der Waals surface area contributed by atoms with Gasteiger partial charge >= 0.3 is 5.97 Å². The molecule has 1 unspecified atom stereocenters. The van der Waals surface area contributed by atoms with E-state index in [-0.39, 0.29) is 23.4 Å². The Balaban J connectivity index is 2.01. The van der Waals surface area contributed by atoms with Gasteiger partial charge in [-0.15, -0.1) is 11.8 Å². The molecule has 27 heavy (non-hydrogen) atoms. The number of carboxylic acids is 1. The van der Waals surface area contributed by atoms with Crippen LogP contribution in [0.25, 0.3) is 0 Å². The van der Waals surface area contributed by atoms with Crippen molar-refractivity contribution < 1.29 is 24.2 Å². The molecule has 0 fully saturated rings. The van der Waals surface area contributed by atoms with E-state index in [1.54, 1.807) is 18.2 Å². The molecule has 0 aliphatic carbocycles. The Labute approximate surface area is 163 Å². The molecule has 2 rings (SSSR count). The van der Waals surface area contributed by atoms with Crippen molar-refractivity contribution in [1.82, 2.24) is 5.32 Å². The first-order valence-corrected chi connectivity index (χ1v) is 9.63. The van der Waals surface area contributed by atoms with Gasteiger partial charge in [-0.05, 0) is 30.0 Å². The second-order valence-corrected chi connectivity index (χ2v) is 8.49. The van der Waals surface area contributed by atoms with E-state index in [0.29, 0.717) is 28.4 Å². The number of benzene rings is 1. The van der Waals surface area contributed by atoms with E-state index in [2.05, 4.69) is 5.32 Å². The number of carbonyl (C=O) groups excluding carboxylic acids is 1. The number of aliphatic hydroxyl groups is 1. The summed E-state index contributed by atoms with van der Waals surface area (Å²) >= 11 is 1.33. The fourth-order valence-corrected chi connectivity index (χ4v) is 3.65. The van der Waals surface area contributed by atoms with Gasteiger partial charge in [0.15, 0.2) is 0 Å². The highest BCUT2D eigenvalue weighted by atomic mass is 32.2. The molecule has 1 atom stereocenters. The van der Waals surface area contributed by atoms with Crippen LogP contribution >= 0.6 is 11.8 Å². The quantitative estimate of drug-likeness (QED) is 0.592. The number of carbonyl (C=O) groups is 2. The number of furan rings is 1. The largest absolute Gasteiger partial charge is 0.478 e. The van der Waals surface area contributed by atoms with Crippen molar-refractivity contribution in [2.75, 3.05) is 6.54 Å². The van der Waals surface area contributed by atoms with E-state index in [4.69, 9.17) is 9.52 Å². The van der Waals surface area contributed by atoms with Gasteiger partial charge in [-0.2, -0.15) is 0 Å². The second-order valence-electron chi connectivity index (χ2n) is 7.48. The molecule has 0 saturated carbocycles. The van der Waals surface area contributed by atoms with E-state index in [1.807, 2.05) is 26.8 Å². The van der Waals surface area contributed by atoms with Crippen LogP contribution in [0, 0.1) is 5.41 Å². The smallest absolute Gasteiger partial charge is 0.339 e. The number of aromatic carboxylic acids is 1. The second kappa shape index (κ2) is 9.10. The molecule has 0 aliphatic rings. The van der Waals surface area contributed by atoms with E-state index in [0.717, 1.165) is 0 Å². The Morgan fingerprint density at radius 1 is 1.19 bits per heavy atom. The summed E-state index contributed by atoms with van der Waals surface area (Å²) in [7, 11) is 0. The SMILES string of the molecule is CC(C)(C)CC(O)CNC(=O)c1ccccc1SCc1occc1C(=O)O. The zero-order valence-electron chi connectivity index (χ0n) is 15.7. The third-order valence-corrected chi connectivity index (χ3v) is 4.89. The maximum Gasteiger partial charge on any atom is 0.339 e. The Hall–Kier alpha value is -2.25. The molecule has 1 aromatic heterocycles. The number of rotatable bonds is 8. The van der Waals surface area contributed by atoms with Crippen molar-refractivity contribution in [2.45, 2.75) is 43.9 Å². The molecule has 0 bridgehead atoms. The summed E-state index contributed by atoms with van der Waals surface area (Å²) in [4.78, 5) is 24.4. The normalized spacial score (nSPS) is 12.6. The topological polar surface area (TPSA) is 99.8 Å². The predicted molar refractivity (Wildman–Crippen MR) is 104 cm³/mol. The zero-order valence-corrected chi connectivity index (χ0v) is 16.5. The summed E-state index contributed by atoms with van der Waals surface area (Å²) in [5, 5.41) is 22.0. The predicted octanol–water partition coefficient (Wildman–Crippen LogP) is 3.80. The lowest BCUT2D eigenvalue weighted by Gasteiger charge is -2.22. The monoisotopic (exact) mass is 391 g/mol. The van der Waals surface area contributed by atoms with Crippen LogP contribution in [0.15, 0.2) is 45.9 Å². The zero-order chi connectivity index (χ0) is 20.0. The lowest BCUT2D eigenvalue weighted by Crippen LogP contribution is -2.34. The highest BCUT2D eigenvalue weighted by Crippen LogP contribution is 2.28. The van der Waals surface area contributed by atoms with Gasteiger partial charge in [0.1, 0.15) is 11.3 Å². The molecule has 1 heterocycles. The van der Waals surface area contributed by atoms with E-state index in [9.17, 15) is 14.7 Å². The minimum atomic E-state index is -1.04. The van der Waals surface area contributed by atoms with E-state index >= 15 is 0 Å². The molecule has 2 aromatic rings. The molecule has 0 aliphatic heterocycles. The molecule has 1 amide bonds. The van der Waals surface area contributed by atoms with Crippen LogP contribution in [-0.4, -0.2) is 34.7 Å². The minimum absolute atomic E-state index is 0.0250. The van der Waals surface area contributed by atoms with Crippen LogP contribution in [0.3, 0.4) is 0 Å². The fourth-order valence-electron chi connectivity index (χ4n) is 2.65. The van der Waals surface area contributed by atoms with E-state index < -0.39 is 12.1 Å². The van der Waals surface area contributed by atoms with Crippen LogP contribution in [0.1, 0.15) is 53.7 Å². The number of nitrogens with one attached hydrogen (secondary N) is 1. The molecule has 0 radical (unpaired) electrons. The molecule has 7 heteroatoms. The minimum Gasteiger partial charge on any atom is -0.478 e. The number of amides is 1. The third-order valence-electron chi connectivity index (χ3n) is 3.81. The van der Waals surface area contributed by atoms with Crippen LogP contribution < -0.4 is 5.32 Å². The average Bonchev–Trinajstić information content (AvgIpc) is 3.05. The summed E-state index contributed by atoms with van der Waals surface area (Å²) in [6, 6.07) is 8.49. The van der Waals surface area contributed by atoms with Gasteiger partial charge in [0.25, 0.3) is 5.91 Å². The van der Waals surface area contributed by atoms with Crippen molar-refractivity contribution in [2.24, 2.45) is 5.41 Å². The van der Waals surface area contributed by atoms with Gasteiger partial charge in [-0.3, -0.25) is 4.79 Å². The summed E-state index contributed by atoms with van der Waals surface area (Å²) in [5.41, 5.74) is 0.576. The lowest BCUT2D eigenvalue weighted by atomic mass is 9.89. The van der Waals surface area contributed by atoms with Gasteiger partial charge in [-0.25, -0.2) is 4.79 Å². The van der Waals surface area contributed by atoms with E-state index in [1.165, 1.54) is 24.1 Å². The van der Waals surface area contributed by atoms with Crippen LogP contribution in [0.5, 0.6) is 0 Å². The molecule has 146 valence electrons. The number of hydrogen-bond acceptors (Lipinski definition) is 5. The van der Waals surface area contributed by atoms with Crippen LogP contribution in [0.2, 0.25) is 0 Å².